The number of aryl methyl sites for hydroxylation is 1. The minimum Gasteiger partial charge on any atom is -0.365 e. The van der Waals surface area contributed by atoms with Crippen LogP contribution in [0, 0.1) is 12.3 Å². The monoisotopic (exact) mass is 195 g/mol. The second-order valence-electron chi connectivity index (χ2n) is 4.75. The molecular formula is C10H17N3O. The number of carbonyl (C=O) groups is 1. The maximum Gasteiger partial charge on any atom is 0.252 e. The highest BCUT2D eigenvalue weighted by Crippen LogP contribution is 2.16. The van der Waals surface area contributed by atoms with E-state index in [0.717, 1.165) is 6.54 Å². The summed E-state index contributed by atoms with van der Waals surface area (Å²) in [5.41, 5.74) is 6.55. The van der Waals surface area contributed by atoms with Gasteiger partial charge in [-0.2, -0.15) is 5.10 Å². The van der Waals surface area contributed by atoms with Crippen LogP contribution in [0.3, 0.4) is 0 Å². The van der Waals surface area contributed by atoms with E-state index < -0.39 is 5.91 Å². The lowest BCUT2D eigenvalue weighted by Gasteiger charge is -2.17. The van der Waals surface area contributed by atoms with Crippen LogP contribution in [0.25, 0.3) is 0 Å². The van der Waals surface area contributed by atoms with Crippen LogP contribution < -0.4 is 5.73 Å². The van der Waals surface area contributed by atoms with E-state index in [1.807, 2.05) is 0 Å². The summed E-state index contributed by atoms with van der Waals surface area (Å²) in [5, 5.41) is 4.23. The number of primary amides is 1. The molecule has 0 saturated carbocycles. The summed E-state index contributed by atoms with van der Waals surface area (Å²) in [6.45, 7) is 8.93. The predicted octanol–water partition coefficient (Wildman–Crippen LogP) is 1.34. The number of amides is 1. The van der Waals surface area contributed by atoms with E-state index in [4.69, 9.17) is 5.73 Å². The van der Waals surface area contributed by atoms with Gasteiger partial charge in [0.05, 0.1) is 11.3 Å². The molecule has 78 valence electrons. The van der Waals surface area contributed by atoms with Crippen molar-refractivity contribution in [2.24, 2.45) is 11.1 Å². The first kappa shape index (κ1) is 10.8. The summed E-state index contributed by atoms with van der Waals surface area (Å²) in [6.07, 6.45) is 1.71. The van der Waals surface area contributed by atoms with E-state index in [0.29, 0.717) is 11.3 Å². The van der Waals surface area contributed by atoms with Crippen LogP contribution in [0.2, 0.25) is 0 Å². The van der Waals surface area contributed by atoms with Crippen LogP contribution >= 0.6 is 0 Å². The molecule has 0 bridgehead atoms. The van der Waals surface area contributed by atoms with Crippen LogP contribution in [0.15, 0.2) is 6.20 Å². The fraction of sp³-hybridized carbons (Fsp3) is 0.600. The fourth-order valence-electron chi connectivity index (χ4n) is 1.33. The highest BCUT2D eigenvalue weighted by Gasteiger charge is 2.15. The van der Waals surface area contributed by atoms with E-state index in [9.17, 15) is 4.79 Å². The molecule has 0 aliphatic rings. The molecular weight excluding hydrogens is 178 g/mol. The van der Waals surface area contributed by atoms with Gasteiger partial charge in [-0.25, -0.2) is 0 Å². The van der Waals surface area contributed by atoms with E-state index >= 15 is 0 Å². The molecule has 1 heterocycles. The third-order valence-electron chi connectivity index (χ3n) is 1.85. The first-order valence-corrected chi connectivity index (χ1v) is 4.63. The minimum absolute atomic E-state index is 0.146. The average molecular weight is 195 g/mol. The van der Waals surface area contributed by atoms with Crippen molar-refractivity contribution in [2.75, 3.05) is 0 Å². The smallest absolute Gasteiger partial charge is 0.252 e. The maximum absolute atomic E-state index is 11.0. The maximum atomic E-state index is 11.0. The lowest BCUT2D eigenvalue weighted by atomic mass is 9.97. The molecule has 0 fully saturated rings. The Morgan fingerprint density at radius 1 is 1.57 bits per heavy atom. The molecule has 14 heavy (non-hydrogen) atoms. The number of rotatable bonds is 2. The second-order valence-corrected chi connectivity index (χ2v) is 4.75. The van der Waals surface area contributed by atoms with Gasteiger partial charge in [-0.1, -0.05) is 20.8 Å². The Hall–Kier alpha value is -1.32. The minimum atomic E-state index is -0.414. The van der Waals surface area contributed by atoms with Crippen molar-refractivity contribution in [1.29, 1.82) is 0 Å². The number of nitrogens with two attached hydrogens (primary N) is 1. The van der Waals surface area contributed by atoms with Crippen LogP contribution in [-0.4, -0.2) is 15.7 Å². The molecule has 2 N–H and O–H groups in total. The first-order chi connectivity index (χ1) is 6.29. The zero-order valence-corrected chi connectivity index (χ0v) is 9.16. The summed E-state index contributed by atoms with van der Waals surface area (Å²) >= 11 is 0. The van der Waals surface area contributed by atoms with Crippen molar-refractivity contribution in [2.45, 2.75) is 34.2 Å². The Labute approximate surface area is 84.1 Å². The molecule has 4 nitrogen and oxygen atoms in total. The molecule has 1 aromatic rings. The Bertz CT molecular complexity index is 347. The van der Waals surface area contributed by atoms with Crippen LogP contribution in [0.4, 0.5) is 0 Å². The Balaban J connectivity index is 2.92. The molecule has 0 atom stereocenters. The van der Waals surface area contributed by atoms with Crippen LogP contribution in [0.1, 0.15) is 36.8 Å². The molecule has 1 rings (SSSR count). The lowest BCUT2D eigenvalue weighted by molar-refractivity contribution is 0.0999. The van der Waals surface area contributed by atoms with Crippen molar-refractivity contribution in [3.05, 3.63) is 17.5 Å². The molecule has 0 unspecified atom stereocenters. The van der Waals surface area contributed by atoms with Gasteiger partial charge in [0, 0.05) is 12.7 Å². The summed E-state index contributed by atoms with van der Waals surface area (Å²) in [7, 11) is 0. The van der Waals surface area contributed by atoms with Gasteiger partial charge in [-0.3, -0.25) is 9.48 Å². The summed E-state index contributed by atoms with van der Waals surface area (Å²) in [5.74, 6) is -0.414. The molecule has 4 heteroatoms. The van der Waals surface area contributed by atoms with Gasteiger partial charge >= 0.3 is 0 Å². The first-order valence-electron chi connectivity index (χ1n) is 4.63. The SMILES string of the molecule is Cc1nn(CC(C)(C)C)cc1C(N)=O. The number of carbonyl (C=O) groups excluding carboxylic acids is 1. The zero-order valence-electron chi connectivity index (χ0n) is 9.16. The van der Waals surface area contributed by atoms with Crippen molar-refractivity contribution in [3.63, 3.8) is 0 Å². The van der Waals surface area contributed by atoms with Gasteiger partial charge in [0.2, 0.25) is 0 Å². The molecule has 0 radical (unpaired) electrons. The van der Waals surface area contributed by atoms with Crippen molar-refractivity contribution in [1.82, 2.24) is 9.78 Å². The fourth-order valence-corrected chi connectivity index (χ4v) is 1.33. The Morgan fingerprint density at radius 2 is 2.14 bits per heavy atom. The topological polar surface area (TPSA) is 60.9 Å². The van der Waals surface area contributed by atoms with Gasteiger partial charge in [-0.05, 0) is 12.3 Å². The third kappa shape index (κ3) is 2.58. The third-order valence-corrected chi connectivity index (χ3v) is 1.85. The largest absolute Gasteiger partial charge is 0.365 e. The number of aromatic nitrogens is 2. The number of hydrogen-bond donors (Lipinski definition) is 1. The summed E-state index contributed by atoms with van der Waals surface area (Å²) < 4.78 is 1.77. The number of hydrogen-bond acceptors (Lipinski definition) is 2. The highest BCUT2D eigenvalue weighted by molar-refractivity contribution is 5.93. The normalized spacial score (nSPS) is 11.7. The molecule has 0 aliphatic carbocycles. The van der Waals surface area contributed by atoms with Crippen LogP contribution in [0.5, 0.6) is 0 Å². The molecule has 1 amide bonds. The lowest BCUT2D eigenvalue weighted by Crippen LogP contribution is -2.16. The summed E-state index contributed by atoms with van der Waals surface area (Å²) in [6, 6.07) is 0. The van der Waals surface area contributed by atoms with E-state index in [1.165, 1.54) is 0 Å². The molecule has 0 aliphatic heterocycles. The van der Waals surface area contributed by atoms with Crippen LogP contribution in [-0.2, 0) is 6.54 Å². The van der Waals surface area contributed by atoms with Crippen molar-refractivity contribution < 1.29 is 4.79 Å². The standard InChI is InChI=1S/C10H17N3O/c1-7-8(9(11)14)5-13(12-7)6-10(2,3)4/h5H,6H2,1-4H3,(H2,11,14). The van der Waals surface area contributed by atoms with Gasteiger partial charge < -0.3 is 5.73 Å². The van der Waals surface area contributed by atoms with Gasteiger partial charge in [-0.15, -0.1) is 0 Å². The van der Waals surface area contributed by atoms with E-state index in [1.54, 1.807) is 17.8 Å². The average Bonchev–Trinajstić information content (AvgIpc) is 2.26. The van der Waals surface area contributed by atoms with Gasteiger partial charge in [0.25, 0.3) is 5.91 Å². The Morgan fingerprint density at radius 3 is 2.50 bits per heavy atom. The molecule has 0 spiro atoms. The molecule has 1 aromatic heterocycles. The molecule has 0 saturated heterocycles. The predicted molar refractivity (Wildman–Crippen MR) is 54.9 cm³/mol. The zero-order chi connectivity index (χ0) is 10.9. The van der Waals surface area contributed by atoms with Gasteiger partial charge in [0.1, 0.15) is 0 Å². The number of nitrogens with zero attached hydrogens (tertiary/aromatic N) is 2. The summed E-state index contributed by atoms with van der Waals surface area (Å²) in [4.78, 5) is 11.0. The Kier molecular flexibility index (Phi) is 2.64. The van der Waals surface area contributed by atoms with E-state index in [-0.39, 0.29) is 5.41 Å². The van der Waals surface area contributed by atoms with Crippen molar-refractivity contribution >= 4 is 5.91 Å². The quantitative estimate of drug-likeness (QED) is 0.774. The highest BCUT2D eigenvalue weighted by atomic mass is 16.1. The molecule has 0 aromatic carbocycles. The van der Waals surface area contributed by atoms with E-state index in [2.05, 4.69) is 25.9 Å². The van der Waals surface area contributed by atoms with Crippen molar-refractivity contribution in [3.8, 4) is 0 Å². The second kappa shape index (κ2) is 3.44. The van der Waals surface area contributed by atoms with Gasteiger partial charge in [0.15, 0.2) is 0 Å².